The number of benzene rings is 3. The third kappa shape index (κ3) is 5.61. The molecule has 0 N–H and O–H groups in total. The maximum absolute atomic E-state index is 13.6. The SMILES string of the molecule is COc1ccc(-c2c(C(=O)C(C)(C)C)oc3ccc([Si](OCc4ccc(C)cc4)(C(C)C)C(C)C)cc23)cc1. The molecule has 0 radical (unpaired) electrons. The molecular weight excluding hydrogens is 500 g/mol. The molecule has 4 rings (SSSR count). The Morgan fingerprint density at radius 2 is 1.51 bits per heavy atom. The van der Waals surface area contributed by atoms with Crippen LogP contribution in [0.15, 0.2) is 71.1 Å². The summed E-state index contributed by atoms with van der Waals surface area (Å²) in [4.78, 5) is 13.6. The molecule has 206 valence electrons. The Bertz CT molecular complexity index is 1430. The third-order valence-electron chi connectivity index (χ3n) is 7.72. The zero-order chi connectivity index (χ0) is 28.5. The van der Waals surface area contributed by atoms with Crippen molar-refractivity contribution in [1.82, 2.24) is 0 Å². The Balaban J connectivity index is 1.91. The second-order valence-electron chi connectivity index (χ2n) is 12.2. The molecule has 1 heterocycles. The zero-order valence-electron chi connectivity index (χ0n) is 24.8. The molecule has 0 atom stereocenters. The zero-order valence-corrected chi connectivity index (χ0v) is 25.8. The van der Waals surface area contributed by atoms with Gasteiger partial charge in [-0.05, 0) is 58.6 Å². The summed E-state index contributed by atoms with van der Waals surface area (Å²) in [5.41, 5.74) is 5.01. The number of hydrogen-bond acceptors (Lipinski definition) is 4. The Labute approximate surface area is 234 Å². The molecule has 0 bridgehead atoms. The van der Waals surface area contributed by atoms with Crippen molar-refractivity contribution in [2.45, 2.75) is 73.1 Å². The minimum atomic E-state index is -2.48. The highest BCUT2D eigenvalue weighted by Crippen LogP contribution is 2.40. The van der Waals surface area contributed by atoms with Crippen LogP contribution in [-0.4, -0.2) is 21.2 Å². The van der Waals surface area contributed by atoms with E-state index in [2.05, 4.69) is 71.0 Å². The highest BCUT2D eigenvalue weighted by atomic mass is 28.4. The fourth-order valence-electron chi connectivity index (χ4n) is 5.52. The van der Waals surface area contributed by atoms with Crippen LogP contribution in [0.1, 0.15) is 70.1 Å². The minimum absolute atomic E-state index is 0.0158. The second kappa shape index (κ2) is 11.1. The first-order valence-electron chi connectivity index (χ1n) is 13.8. The van der Waals surface area contributed by atoms with Crippen molar-refractivity contribution in [2.24, 2.45) is 5.41 Å². The fraction of sp³-hybridized carbons (Fsp3) is 0.382. The summed E-state index contributed by atoms with van der Waals surface area (Å²) >= 11 is 0. The van der Waals surface area contributed by atoms with Crippen LogP contribution in [0.4, 0.5) is 0 Å². The van der Waals surface area contributed by atoms with E-state index in [-0.39, 0.29) is 5.78 Å². The Morgan fingerprint density at radius 3 is 2.05 bits per heavy atom. The first-order chi connectivity index (χ1) is 18.4. The van der Waals surface area contributed by atoms with Gasteiger partial charge in [-0.2, -0.15) is 0 Å². The van der Waals surface area contributed by atoms with Crippen LogP contribution < -0.4 is 9.92 Å². The number of carbonyl (C=O) groups is 1. The standard InChI is InChI=1S/C34H42O4Si/c1-22(2)39(23(3)4,37-21-25-12-10-24(5)11-13-25)28-18-19-30-29(20-28)31(26-14-16-27(36-9)17-15-26)32(38-30)33(35)34(6,7)8/h10-20,22-23H,21H2,1-9H3. The van der Waals surface area contributed by atoms with E-state index in [0.717, 1.165) is 22.3 Å². The van der Waals surface area contributed by atoms with Gasteiger partial charge in [0.25, 0.3) is 0 Å². The molecule has 0 aliphatic heterocycles. The maximum Gasteiger partial charge on any atom is 0.229 e. The molecule has 39 heavy (non-hydrogen) atoms. The van der Waals surface area contributed by atoms with E-state index in [9.17, 15) is 4.79 Å². The number of ketones is 1. The van der Waals surface area contributed by atoms with E-state index in [0.29, 0.717) is 29.0 Å². The monoisotopic (exact) mass is 542 g/mol. The average molecular weight is 543 g/mol. The molecule has 0 unspecified atom stereocenters. The van der Waals surface area contributed by atoms with Gasteiger partial charge in [-0.1, -0.05) is 96.5 Å². The summed E-state index contributed by atoms with van der Waals surface area (Å²) < 4.78 is 18.7. The number of Topliss-reactive ketones (excluding diaryl/α,β-unsaturated/α-hetero) is 1. The Morgan fingerprint density at radius 1 is 0.897 bits per heavy atom. The summed E-state index contributed by atoms with van der Waals surface area (Å²) in [5, 5.41) is 2.17. The van der Waals surface area contributed by atoms with Gasteiger partial charge in [-0.15, -0.1) is 0 Å². The van der Waals surface area contributed by atoms with Gasteiger partial charge in [-0.25, -0.2) is 0 Å². The summed E-state index contributed by atoms with van der Waals surface area (Å²) in [5.74, 6) is 1.16. The molecule has 0 saturated carbocycles. The summed E-state index contributed by atoms with van der Waals surface area (Å²) in [6.45, 7) is 17.6. The topological polar surface area (TPSA) is 48.7 Å². The van der Waals surface area contributed by atoms with Gasteiger partial charge >= 0.3 is 0 Å². The van der Waals surface area contributed by atoms with E-state index >= 15 is 0 Å². The van der Waals surface area contributed by atoms with Crippen molar-refractivity contribution < 1.29 is 18.4 Å². The average Bonchev–Trinajstić information content (AvgIpc) is 3.27. The number of fused-ring (bicyclic) bond motifs is 1. The largest absolute Gasteiger partial charge is 0.497 e. The summed E-state index contributed by atoms with van der Waals surface area (Å²) in [7, 11) is -0.825. The quantitative estimate of drug-likeness (QED) is 0.157. The van der Waals surface area contributed by atoms with E-state index in [4.69, 9.17) is 13.6 Å². The maximum atomic E-state index is 13.6. The van der Waals surface area contributed by atoms with Crippen molar-refractivity contribution in [3.63, 3.8) is 0 Å². The molecule has 0 aliphatic carbocycles. The highest BCUT2D eigenvalue weighted by molar-refractivity contribution is 6.88. The van der Waals surface area contributed by atoms with Crippen LogP contribution in [0.3, 0.4) is 0 Å². The summed E-state index contributed by atoms with van der Waals surface area (Å²) in [6.07, 6.45) is 0. The highest BCUT2D eigenvalue weighted by Gasteiger charge is 2.44. The van der Waals surface area contributed by atoms with Crippen LogP contribution in [0, 0.1) is 12.3 Å². The van der Waals surface area contributed by atoms with Crippen LogP contribution in [-0.2, 0) is 11.0 Å². The lowest BCUT2D eigenvalue weighted by atomic mass is 9.86. The van der Waals surface area contributed by atoms with Crippen LogP contribution in [0.2, 0.25) is 11.1 Å². The molecule has 4 nitrogen and oxygen atoms in total. The number of ether oxygens (including phenoxy) is 1. The number of hydrogen-bond donors (Lipinski definition) is 0. The molecule has 1 aromatic heterocycles. The Hall–Kier alpha value is -3.15. The van der Waals surface area contributed by atoms with Crippen molar-refractivity contribution >= 4 is 30.3 Å². The Kier molecular flexibility index (Phi) is 8.24. The van der Waals surface area contributed by atoms with Gasteiger partial charge in [0, 0.05) is 16.4 Å². The lowest BCUT2D eigenvalue weighted by molar-refractivity contribution is 0.0832. The second-order valence-corrected chi connectivity index (χ2v) is 17.0. The lowest BCUT2D eigenvalue weighted by Crippen LogP contribution is -2.55. The van der Waals surface area contributed by atoms with Crippen molar-refractivity contribution in [3.05, 3.63) is 83.6 Å². The predicted molar refractivity (Wildman–Crippen MR) is 164 cm³/mol. The number of rotatable bonds is 9. The molecular formula is C34H42O4Si. The van der Waals surface area contributed by atoms with E-state index in [1.807, 2.05) is 51.1 Å². The molecule has 0 fully saturated rings. The first-order valence-corrected chi connectivity index (χ1v) is 15.9. The molecule has 0 spiro atoms. The van der Waals surface area contributed by atoms with Crippen LogP contribution >= 0.6 is 0 Å². The van der Waals surface area contributed by atoms with Gasteiger partial charge in [0.2, 0.25) is 14.1 Å². The molecule has 4 aromatic rings. The van der Waals surface area contributed by atoms with Gasteiger partial charge in [-0.3, -0.25) is 4.79 Å². The van der Waals surface area contributed by atoms with Crippen LogP contribution in [0.5, 0.6) is 5.75 Å². The van der Waals surface area contributed by atoms with Crippen molar-refractivity contribution in [3.8, 4) is 16.9 Å². The number of furan rings is 1. The minimum Gasteiger partial charge on any atom is -0.497 e. The van der Waals surface area contributed by atoms with Gasteiger partial charge in [0.15, 0.2) is 5.76 Å². The molecule has 5 heteroatoms. The fourth-order valence-corrected chi connectivity index (χ4v) is 10.1. The van der Waals surface area contributed by atoms with Gasteiger partial charge in [0.1, 0.15) is 11.3 Å². The number of aryl methyl sites for hydroxylation is 1. The summed E-state index contributed by atoms with van der Waals surface area (Å²) in [6, 6.07) is 22.9. The molecule has 0 amide bonds. The van der Waals surface area contributed by atoms with Crippen LogP contribution in [0.25, 0.3) is 22.1 Å². The number of methoxy groups -OCH3 is 1. The van der Waals surface area contributed by atoms with E-state index in [1.165, 1.54) is 16.3 Å². The van der Waals surface area contributed by atoms with Crippen molar-refractivity contribution in [2.75, 3.05) is 7.11 Å². The lowest BCUT2D eigenvalue weighted by Gasteiger charge is -2.39. The smallest absolute Gasteiger partial charge is 0.229 e. The molecule has 0 aliphatic rings. The van der Waals surface area contributed by atoms with E-state index in [1.54, 1.807) is 7.11 Å². The first kappa shape index (κ1) is 28.8. The normalized spacial score (nSPS) is 12.5. The predicted octanol–water partition coefficient (Wildman–Crippen LogP) is 8.83. The third-order valence-corrected chi connectivity index (χ3v) is 13.0. The van der Waals surface area contributed by atoms with E-state index < -0.39 is 13.7 Å². The van der Waals surface area contributed by atoms with Gasteiger partial charge < -0.3 is 13.6 Å². The van der Waals surface area contributed by atoms with Gasteiger partial charge in [0.05, 0.1) is 13.7 Å². The molecule has 3 aromatic carbocycles. The van der Waals surface area contributed by atoms with Crippen molar-refractivity contribution in [1.29, 1.82) is 0 Å². The molecule has 0 saturated heterocycles. The number of carbonyl (C=O) groups excluding carboxylic acids is 1.